The van der Waals surface area contributed by atoms with Crippen LogP contribution in [0.15, 0.2) is 53.1 Å². The van der Waals surface area contributed by atoms with Crippen molar-refractivity contribution in [2.75, 3.05) is 13.7 Å². The van der Waals surface area contributed by atoms with Crippen molar-refractivity contribution in [3.63, 3.8) is 0 Å². The minimum atomic E-state index is -0.272. The van der Waals surface area contributed by atoms with Gasteiger partial charge in [0.1, 0.15) is 11.5 Å². The van der Waals surface area contributed by atoms with Crippen LogP contribution in [0.5, 0.6) is 11.5 Å². The van der Waals surface area contributed by atoms with Gasteiger partial charge < -0.3 is 19.3 Å². The summed E-state index contributed by atoms with van der Waals surface area (Å²) in [7, 11) is 1.58. The van der Waals surface area contributed by atoms with E-state index in [1.165, 1.54) is 0 Å². The average Bonchev–Trinajstić information content (AvgIpc) is 3.15. The van der Waals surface area contributed by atoms with Crippen molar-refractivity contribution in [3.05, 3.63) is 60.0 Å². The second kappa shape index (κ2) is 8.15. The Bertz CT molecular complexity index is 892. The first-order valence-corrected chi connectivity index (χ1v) is 8.19. The lowest BCUT2D eigenvalue weighted by molar-refractivity contribution is 0.0942. The second-order valence-corrected chi connectivity index (χ2v) is 5.32. The number of hydrogen-bond acceptors (Lipinski definition) is 6. The number of carbonyl (C=O) groups excluding carboxylic acids is 1. The van der Waals surface area contributed by atoms with Crippen molar-refractivity contribution in [1.82, 2.24) is 15.5 Å². The molecule has 0 aliphatic heterocycles. The Morgan fingerprint density at radius 2 is 1.85 bits per heavy atom. The third-order valence-electron chi connectivity index (χ3n) is 3.65. The number of nitrogens with zero attached hydrogens (tertiary/aromatic N) is 2. The molecule has 0 atom stereocenters. The third-order valence-corrected chi connectivity index (χ3v) is 3.65. The van der Waals surface area contributed by atoms with Gasteiger partial charge in [0, 0.05) is 0 Å². The molecule has 0 aliphatic rings. The number of rotatable bonds is 7. The van der Waals surface area contributed by atoms with Gasteiger partial charge in [-0.2, -0.15) is 4.98 Å². The lowest BCUT2D eigenvalue weighted by atomic mass is 10.2. The zero-order chi connectivity index (χ0) is 18.4. The summed E-state index contributed by atoms with van der Waals surface area (Å²) in [5, 5.41) is 6.71. The van der Waals surface area contributed by atoms with Crippen molar-refractivity contribution in [2.24, 2.45) is 0 Å². The summed E-state index contributed by atoms with van der Waals surface area (Å²) in [6, 6.07) is 14.4. The molecule has 0 saturated carbocycles. The summed E-state index contributed by atoms with van der Waals surface area (Å²) >= 11 is 0. The molecule has 134 valence electrons. The molecule has 1 heterocycles. The first-order valence-electron chi connectivity index (χ1n) is 8.19. The van der Waals surface area contributed by atoms with Crippen LogP contribution in [0.3, 0.4) is 0 Å². The van der Waals surface area contributed by atoms with Gasteiger partial charge in [0.25, 0.3) is 5.91 Å². The number of ether oxygens (including phenoxy) is 2. The Kier molecular flexibility index (Phi) is 5.48. The average molecular weight is 353 g/mol. The Morgan fingerprint density at radius 3 is 2.62 bits per heavy atom. The summed E-state index contributed by atoms with van der Waals surface area (Å²) in [5.41, 5.74) is 1.18. The van der Waals surface area contributed by atoms with Gasteiger partial charge in [0.15, 0.2) is 0 Å². The van der Waals surface area contributed by atoms with Gasteiger partial charge in [-0.25, -0.2) is 0 Å². The van der Waals surface area contributed by atoms with Crippen molar-refractivity contribution in [1.29, 1.82) is 0 Å². The monoisotopic (exact) mass is 353 g/mol. The fourth-order valence-electron chi connectivity index (χ4n) is 2.45. The van der Waals surface area contributed by atoms with Crippen LogP contribution in [0.2, 0.25) is 0 Å². The molecule has 1 N–H and O–H groups in total. The van der Waals surface area contributed by atoms with Crippen LogP contribution in [-0.4, -0.2) is 29.8 Å². The number of carbonyl (C=O) groups is 1. The number of hydrogen-bond donors (Lipinski definition) is 1. The number of amides is 1. The molecule has 26 heavy (non-hydrogen) atoms. The van der Waals surface area contributed by atoms with E-state index in [9.17, 15) is 4.79 Å². The molecule has 0 fully saturated rings. The van der Waals surface area contributed by atoms with E-state index in [2.05, 4.69) is 15.5 Å². The summed E-state index contributed by atoms with van der Waals surface area (Å²) < 4.78 is 16.0. The predicted molar refractivity (Wildman–Crippen MR) is 95.1 cm³/mol. The van der Waals surface area contributed by atoms with Crippen molar-refractivity contribution in [2.45, 2.75) is 13.5 Å². The van der Waals surface area contributed by atoms with E-state index in [0.29, 0.717) is 35.4 Å². The highest BCUT2D eigenvalue weighted by molar-refractivity contribution is 5.96. The number of para-hydroxylation sites is 2. The first kappa shape index (κ1) is 17.5. The van der Waals surface area contributed by atoms with Crippen LogP contribution in [-0.2, 0) is 6.54 Å². The van der Waals surface area contributed by atoms with Crippen LogP contribution in [0.25, 0.3) is 11.4 Å². The zero-order valence-electron chi connectivity index (χ0n) is 14.6. The topological polar surface area (TPSA) is 86.5 Å². The molecule has 0 bridgehead atoms. The summed E-state index contributed by atoms with van der Waals surface area (Å²) in [5.74, 6) is 1.61. The van der Waals surface area contributed by atoms with Crippen molar-refractivity contribution in [3.8, 4) is 22.9 Å². The Hall–Kier alpha value is -3.35. The SMILES string of the molecule is CCOc1ccccc1C(=O)NCc1nc(-c2ccccc2OC)no1. The highest BCUT2D eigenvalue weighted by atomic mass is 16.5. The lowest BCUT2D eigenvalue weighted by Crippen LogP contribution is -2.23. The largest absolute Gasteiger partial charge is 0.496 e. The van der Waals surface area contributed by atoms with Crippen LogP contribution < -0.4 is 14.8 Å². The van der Waals surface area contributed by atoms with Gasteiger partial charge in [0.2, 0.25) is 11.7 Å². The van der Waals surface area contributed by atoms with Crippen LogP contribution in [0, 0.1) is 0 Å². The van der Waals surface area contributed by atoms with Crippen LogP contribution in [0.1, 0.15) is 23.2 Å². The highest BCUT2D eigenvalue weighted by Crippen LogP contribution is 2.27. The number of benzene rings is 2. The van der Waals surface area contributed by atoms with E-state index in [0.717, 1.165) is 5.56 Å². The van der Waals surface area contributed by atoms with Crippen molar-refractivity contribution >= 4 is 5.91 Å². The Balaban J connectivity index is 1.70. The van der Waals surface area contributed by atoms with E-state index in [4.69, 9.17) is 14.0 Å². The molecule has 7 heteroatoms. The minimum absolute atomic E-state index is 0.113. The molecule has 7 nitrogen and oxygen atoms in total. The van der Waals surface area contributed by atoms with Gasteiger partial charge in [-0.15, -0.1) is 0 Å². The molecule has 3 rings (SSSR count). The quantitative estimate of drug-likeness (QED) is 0.702. The van der Waals surface area contributed by atoms with E-state index in [-0.39, 0.29) is 12.5 Å². The fourth-order valence-corrected chi connectivity index (χ4v) is 2.45. The standard InChI is InChI=1S/C19H19N3O4/c1-3-25-16-11-7-5-9-14(16)19(23)20-12-17-21-18(22-26-17)13-8-4-6-10-15(13)24-2/h4-11H,3,12H2,1-2H3,(H,20,23). The van der Waals surface area contributed by atoms with Gasteiger partial charge in [-0.3, -0.25) is 4.79 Å². The van der Waals surface area contributed by atoms with Crippen LogP contribution >= 0.6 is 0 Å². The van der Waals surface area contributed by atoms with E-state index in [1.807, 2.05) is 37.3 Å². The van der Waals surface area contributed by atoms with Gasteiger partial charge in [0.05, 0.1) is 31.4 Å². The fraction of sp³-hybridized carbons (Fsp3) is 0.211. The smallest absolute Gasteiger partial charge is 0.255 e. The second-order valence-electron chi connectivity index (χ2n) is 5.32. The summed E-state index contributed by atoms with van der Waals surface area (Å²) in [4.78, 5) is 16.7. The summed E-state index contributed by atoms with van der Waals surface area (Å²) in [6.07, 6.45) is 0. The minimum Gasteiger partial charge on any atom is -0.496 e. The van der Waals surface area contributed by atoms with Gasteiger partial charge >= 0.3 is 0 Å². The zero-order valence-corrected chi connectivity index (χ0v) is 14.6. The molecule has 1 aromatic heterocycles. The molecule has 0 spiro atoms. The summed E-state index contributed by atoms with van der Waals surface area (Å²) in [6.45, 7) is 2.46. The Morgan fingerprint density at radius 1 is 1.12 bits per heavy atom. The molecule has 0 aliphatic carbocycles. The third kappa shape index (κ3) is 3.83. The predicted octanol–water partition coefficient (Wildman–Crippen LogP) is 3.07. The van der Waals surface area contributed by atoms with E-state index >= 15 is 0 Å². The molecular weight excluding hydrogens is 334 g/mol. The van der Waals surface area contributed by atoms with Gasteiger partial charge in [-0.05, 0) is 31.2 Å². The number of nitrogens with one attached hydrogen (secondary N) is 1. The number of aromatic nitrogens is 2. The molecule has 1 amide bonds. The maximum Gasteiger partial charge on any atom is 0.255 e. The van der Waals surface area contributed by atoms with Crippen LogP contribution in [0.4, 0.5) is 0 Å². The van der Waals surface area contributed by atoms with Gasteiger partial charge in [-0.1, -0.05) is 29.4 Å². The number of methoxy groups -OCH3 is 1. The normalized spacial score (nSPS) is 10.4. The molecule has 2 aromatic carbocycles. The van der Waals surface area contributed by atoms with E-state index in [1.54, 1.807) is 25.3 Å². The highest BCUT2D eigenvalue weighted by Gasteiger charge is 2.15. The molecular formula is C19H19N3O4. The molecule has 0 radical (unpaired) electrons. The first-order chi connectivity index (χ1) is 12.7. The Labute approximate surface area is 150 Å². The lowest BCUT2D eigenvalue weighted by Gasteiger charge is -2.09. The maximum atomic E-state index is 12.4. The molecule has 3 aromatic rings. The van der Waals surface area contributed by atoms with Crippen molar-refractivity contribution < 1.29 is 18.8 Å². The molecule has 0 unspecified atom stereocenters. The maximum absolute atomic E-state index is 12.4. The van der Waals surface area contributed by atoms with E-state index < -0.39 is 0 Å². The molecule has 0 saturated heterocycles.